The first-order valence-electron chi connectivity index (χ1n) is 7.41. The van der Waals surface area contributed by atoms with E-state index in [4.69, 9.17) is 0 Å². The smallest absolute Gasteiger partial charge is 0.226 e. The molecule has 0 unspecified atom stereocenters. The summed E-state index contributed by atoms with van der Waals surface area (Å²) in [6.45, 7) is 2.26. The van der Waals surface area contributed by atoms with Crippen LogP contribution in [-0.4, -0.2) is 18.4 Å². The first kappa shape index (κ1) is 17.2. The van der Waals surface area contributed by atoms with Crippen molar-refractivity contribution < 1.29 is 9.59 Å². The number of anilines is 1. The molecule has 0 radical (unpaired) electrons. The Labute approximate surface area is 144 Å². The molecule has 0 aliphatic carbocycles. The van der Waals surface area contributed by atoms with E-state index in [2.05, 4.69) is 26.6 Å². The summed E-state index contributed by atoms with van der Waals surface area (Å²) in [5, 5.41) is 5.62. The fourth-order valence-electron chi connectivity index (χ4n) is 2.10. The van der Waals surface area contributed by atoms with Crippen LogP contribution in [0.15, 0.2) is 53.0 Å². The number of carbonyl (C=O) groups is 2. The monoisotopic (exact) mass is 374 g/mol. The first-order valence-corrected chi connectivity index (χ1v) is 8.20. The van der Waals surface area contributed by atoms with Gasteiger partial charge in [0.2, 0.25) is 11.8 Å². The van der Waals surface area contributed by atoms with Crippen molar-refractivity contribution in [2.45, 2.75) is 19.8 Å². The molecule has 5 heteroatoms. The molecule has 0 aromatic heterocycles. The standard InChI is InChI=1S/C18H19BrN2O2/c1-13-7-8-15(19)12-16(13)21-17(22)9-10-20-18(23)11-14-5-3-2-4-6-14/h2-8,12H,9-11H2,1H3,(H,20,23)(H,21,22). The molecule has 0 atom stereocenters. The van der Waals surface area contributed by atoms with E-state index in [9.17, 15) is 9.59 Å². The van der Waals surface area contributed by atoms with Gasteiger partial charge in [0.05, 0.1) is 6.42 Å². The van der Waals surface area contributed by atoms with Crippen molar-refractivity contribution in [3.8, 4) is 0 Å². The zero-order valence-electron chi connectivity index (χ0n) is 12.9. The third-order valence-electron chi connectivity index (χ3n) is 3.36. The van der Waals surface area contributed by atoms with Gasteiger partial charge in [-0.15, -0.1) is 0 Å². The van der Waals surface area contributed by atoms with Crippen LogP contribution in [0, 0.1) is 6.92 Å². The van der Waals surface area contributed by atoms with Crippen LogP contribution in [0.4, 0.5) is 5.69 Å². The van der Waals surface area contributed by atoms with Crippen molar-refractivity contribution in [2.24, 2.45) is 0 Å². The minimum Gasteiger partial charge on any atom is -0.355 e. The maximum absolute atomic E-state index is 11.9. The summed E-state index contributed by atoms with van der Waals surface area (Å²) in [6, 6.07) is 15.2. The molecular formula is C18H19BrN2O2. The summed E-state index contributed by atoms with van der Waals surface area (Å²) >= 11 is 3.38. The largest absolute Gasteiger partial charge is 0.355 e. The zero-order valence-corrected chi connectivity index (χ0v) is 14.5. The highest BCUT2D eigenvalue weighted by molar-refractivity contribution is 9.10. The van der Waals surface area contributed by atoms with Gasteiger partial charge in [-0.05, 0) is 30.2 Å². The summed E-state index contributed by atoms with van der Waals surface area (Å²) in [6.07, 6.45) is 0.569. The Morgan fingerprint density at radius 3 is 2.52 bits per heavy atom. The van der Waals surface area contributed by atoms with Gasteiger partial charge in [0.15, 0.2) is 0 Å². The third kappa shape index (κ3) is 5.87. The Balaban J connectivity index is 1.74. The molecule has 0 saturated heterocycles. The average molecular weight is 375 g/mol. The predicted molar refractivity (Wildman–Crippen MR) is 95.3 cm³/mol. The van der Waals surface area contributed by atoms with Crippen LogP contribution >= 0.6 is 15.9 Å². The lowest BCUT2D eigenvalue weighted by atomic mass is 10.1. The lowest BCUT2D eigenvalue weighted by Gasteiger charge is -2.09. The molecule has 0 saturated carbocycles. The molecule has 2 N–H and O–H groups in total. The summed E-state index contributed by atoms with van der Waals surface area (Å²) in [5.74, 6) is -0.200. The number of aryl methyl sites for hydroxylation is 1. The number of rotatable bonds is 6. The molecule has 2 aromatic rings. The molecule has 2 amide bonds. The maximum atomic E-state index is 11.9. The highest BCUT2D eigenvalue weighted by Crippen LogP contribution is 2.20. The second-order valence-corrected chi connectivity index (χ2v) is 6.19. The molecule has 0 bridgehead atoms. The van der Waals surface area contributed by atoms with Crippen molar-refractivity contribution in [2.75, 3.05) is 11.9 Å². The molecule has 23 heavy (non-hydrogen) atoms. The van der Waals surface area contributed by atoms with Gasteiger partial charge in [-0.1, -0.05) is 52.3 Å². The van der Waals surface area contributed by atoms with Gasteiger partial charge in [-0.2, -0.15) is 0 Å². The van der Waals surface area contributed by atoms with E-state index in [1.807, 2.05) is 55.5 Å². The Morgan fingerprint density at radius 1 is 1.04 bits per heavy atom. The zero-order chi connectivity index (χ0) is 16.7. The average Bonchev–Trinajstić information content (AvgIpc) is 2.52. The highest BCUT2D eigenvalue weighted by atomic mass is 79.9. The summed E-state index contributed by atoms with van der Waals surface area (Å²) in [5.41, 5.74) is 2.73. The normalized spacial score (nSPS) is 10.2. The second kappa shape index (κ2) is 8.48. The van der Waals surface area contributed by atoms with Crippen LogP contribution in [0.3, 0.4) is 0 Å². The van der Waals surface area contributed by atoms with Gasteiger partial charge in [-0.25, -0.2) is 0 Å². The lowest BCUT2D eigenvalue weighted by molar-refractivity contribution is -0.120. The van der Waals surface area contributed by atoms with E-state index in [0.29, 0.717) is 13.0 Å². The van der Waals surface area contributed by atoms with E-state index in [1.165, 1.54) is 0 Å². The third-order valence-corrected chi connectivity index (χ3v) is 3.85. The van der Waals surface area contributed by atoms with Crippen LogP contribution < -0.4 is 10.6 Å². The van der Waals surface area contributed by atoms with Gasteiger partial charge in [0.1, 0.15) is 0 Å². The molecule has 0 aliphatic rings. The van der Waals surface area contributed by atoms with Crippen LogP contribution in [0.5, 0.6) is 0 Å². The number of amides is 2. The number of hydrogen-bond donors (Lipinski definition) is 2. The number of hydrogen-bond acceptors (Lipinski definition) is 2. The predicted octanol–water partition coefficient (Wildman–Crippen LogP) is 3.45. The van der Waals surface area contributed by atoms with Gasteiger partial charge in [-0.3, -0.25) is 9.59 Å². The number of nitrogens with one attached hydrogen (secondary N) is 2. The van der Waals surface area contributed by atoms with Crippen molar-refractivity contribution >= 4 is 33.4 Å². The van der Waals surface area contributed by atoms with E-state index < -0.39 is 0 Å². The fourth-order valence-corrected chi connectivity index (χ4v) is 2.46. The van der Waals surface area contributed by atoms with E-state index in [-0.39, 0.29) is 18.2 Å². The molecule has 0 fully saturated rings. The van der Waals surface area contributed by atoms with Crippen molar-refractivity contribution in [3.63, 3.8) is 0 Å². The molecule has 0 spiro atoms. The Morgan fingerprint density at radius 2 is 1.78 bits per heavy atom. The Bertz CT molecular complexity index is 687. The quantitative estimate of drug-likeness (QED) is 0.813. The van der Waals surface area contributed by atoms with Crippen LogP contribution in [0.2, 0.25) is 0 Å². The Hall–Kier alpha value is -2.14. The number of carbonyl (C=O) groups excluding carboxylic acids is 2. The van der Waals surface area contributed by atoms with E-state index in [1.54, 1.807) is 0 Å². The van der Waals surface area contributed by atoms with Gasteiger partial charge in [0.25, 0.3) is 0 Å². The van der Waals surface area contributed by atoms with Crippen molar-refractivity contribution in [1.82, 2.24) is 5.32 Å². The van der Waals surface area contributed by atoms with Gasteiger partial charge < -0.3 is 10.6 Å². The summed E-state index contributed by atoms with van der Waals surface area (Å²) < 4.78 is 0.912. The van der Waals surface area contributed by atoms with Crippen LogP contribution in [0.25, 0.3) is 0 Å². The number of benzene rings is 2. The second-order valence-electron chi connectivity index (χ2n) is 5.27. The fraction of sp³-hybridized carbons (Fsp3) is 0.222. The lowest BCUT2D eigenvalue weighted by Crippen LogP contribution is -2.28. The maximum Gasteiger partial charge on any atom is 0.226 e. The van der Waals surface area contributed by atoms with E-state index >= 15 is 0 Å². The Kier molecular flexibility index (Phi) is 6.35. The van der Waals surface area contributed by atoms with Gasteiger partial charge in [0, 0.05) is 23.1 Å². The molecule has 0 aliphatic heterocycles. The molecular weight excluding hydrogens is 356 g/mol. The van der Waals surface area contributed by atoms with E-state index in [0.717, 1.165) is 21.3 Å². The minimum absolute atomic E-state index is 0.0809. The minimum atomic E-state index is -0.119. The van der Waals surface area contributed by atoms with Crippen LogP contribution in [-0.2, 0) is 16.0 Å². The molecule has 120 valence electrons. The number of halogens is 1. The van der Waals surface area contributed by atoms with Crippen LogP contribution in [0.1, 0.15) is 17.5 Å². The molecule has 4 nitrogen and oxygen atoms in total. The molecule has 0 heterocycles. The highest BCUT2D eigenvalue weighted by Gasteiger charge is 2.07. The van der Waals surface area contributed by atoms with Crippen molar-refractivity contribution in [3.05, 3.63) is 64.1 Å². The first-order chi connectivity index (χ1) is 11.0. The summed E-state index contributed by atoms with van der Waals surface area (Å²) in [7, 11) is 0. The molecule has 2 aromatic carbocycles. The summed E-state index contributed by atoms with van der Waals surface area (Å²) in [4.78, 5) is 23.7. The topological polar surface area (TPSA) is 58.2 Å². The SMILES string of the molecule is Cc1ccc(Br)cc1NC(=O)CCNC(=O)Cc1ccccc1. The van der Waals surface area contributed by atoms with Gasteiger partial charge >= 0.3 is 0 Å². The molecule has 2 rings (SSSR count). The van der Waals surface area contributed by atoms with Crippen molar-refractivity contribution in [1.29, 1.82) is 0 Å².